The Morgan fingerprint density at radius 2 is 2.25 bits per heavy atom. The van der Waals surface area contributed by atoms with E-state index in [-0.39, 0.29) is 0 Å². The van der Waals surface area contributed by atoms with Crippen LogP contribution in [0.4, 0.5) is 5.69 Å². The highest BCUT2D eigenvalue weighted by Crippen LogP contribution is 2.29. The lowest BCUT2D eigenvalue weighted by Crippen LogP contribution is -2.17. The Balaban J connectivity index is 2.04. The Morgan fingerprint density at radius 1 is 1.38 bits per heavy atom. The molecule has 4 heteroatoms. The van der Waals surface area contributed by atoms with Crippen LogP contribution in [-0.4, -0.2) is 27.9 Å². The smallest absolute Gasteiger partial charge is 0.137 e. The summed E-state index contributed by atoms with van der Waals surface area (Å²) in [5.74, 6) is 0. The molecular formula is C12H16N4. The molecule has 84 valence electrons. The maximum atomic E-state index is 5.75. The van der Waals surface area contributed by atoms with Crippen molar-refractivity contribution in [3.05, 3.63) is 30.2 Å². The van der Waals surface area contributed by atoms with E-state index in [1.54, 1.807) is 0 Å². The fourth-order valence-electron chi connectivity index (χ4n) is 2.47. The maximum Gasteiger partial charge on any atom is 0.137 e. The maximum absolute atomic E-state index is 5.75. The summed E-state index contributed by atoms with van der Waals surface area (Å²) < 4.78 is 2.01. The number of pyridine rings is 1. The van der Waals surface area contributed by atoms with E-state index in [1.165, 1.54) is 19.4 Å². The monoisotopic (exact) mass is 216 g/mol. The summed E-state index contributed by atoms with van der Waals surface area (Å²) in [7, 11) is 2.16. The Morgan fingerprint density at radius 3 is 3.00 bits per heavy atom. The molecule has 2 aromatic heterocycles. The second-order valence-corrected chi connectivity index (χ2v) is 4.53. The van der Waals surface area contributed by atoms with Crippen molar-refractivity contribution in [2.24, 2.45) is 0 Å². The molecule has 1 aliphatic heterocycles. The lowest BCUT2D eigenvalue weighted by molar-refractivity contribution is 0.313. The molecule has 0 amide bonds. The van der Waals surface area contributed by atoms with Crippen molar-refractivity contribution in [2.45, 2.75) is 18.9 Å². The van der Waals surface area contributed by atoms with Gasteiger partial charge in [-0.05, 0) is 38.6 Å². The molecule has 3 heterocycles. The summed E-state index contributed by atoms with van der Waals surface area (Å²) in [4.78, 5) is 7.02. The number of anilines is 1. The third-order valence-corrected chi connectivity index (χ3v) is 3.35. The van der Waals surface area contributed by atoms with Crippen LogP contribution in [0.15, 0.2) is 24.5 Å². The fourth-order valence-corrected chi connectivity index (χ4v) is 2.47. The van der Waals surface area contributed by atoms with E-state index >= 15 is 0 Å². The third-order valence-electron chi connectivity index (χ3n) is 3.35. The summed E-state index contributed by atoms with van der Waals surface area (Å²) in [5, 5.41) is 0. The van der Waals surface area contributed by atoms with E-state index in [2.05, 4.69) is 23.1 Å². The van der Waals surface area contributed by atoms with E-state index in [4.69, 9.17) is 5.73 Å². The Bertz CT molecular complexity index is 517. The highest BCUT2D eigenvalue weighted by Gasteiger charge is 2.24. The molecule has 2 aromatic rings. The Labute approximate surface area is 94.7 Å². The van der Waals surface area contributed by atoms with Gasteiger partial charge in [-0.2, -0.15) is 0 Å². The minimum absolute atomic E-state index is 0.473. The van der Waals surface area contributed by atoms with E-state index in [0.717, 1.165) is 17.0 Å². The van der Waals surface area contributed by atoms with Gasteiger partial charge < -0.3 is 10.1 Å². The molecule has 3 rings (SSSR count). The van der Waals surface area contributed by atoms with E-state index < -0.39 is 0 Å². The molecule has 0 aliphatic carbocycles. The zero-order valence-corrected chi connectivity index (χ0v) is 9.43. The SMILES string of the molecule is CN1CCCC1c1cn2cc(N)ccc2n1. The number of aromatic nitrogens is 2. The minimum atomic E-state index is 0.473. The number of nitrogens with two attached hydrogens (primary N) is 1. The summed E-state index contributed by atoms with van der Waals surface area (Å²) >= 11 is 0. The van der Waals surface area contributed by atoms with Gasteiger partial charge in [-0.1, -0.05) is 0 Å². The zero-order chi connectivity index (χ0) is 11.1. The van der Waals surface area contributed by atoms with Gasteiger partial charge in [0.25, 0.3) is 0 Å². The Kier molecular flexibility index (Phi) is 2.11. The quantitative estimate of drug-likeness (QED) is 0.789. The first-order valence-electron chi connectivity index (χ1n) is 5.68. The largest absolute Gasteiger partial charge is 0.398 e. The van der Waals surface area contributed by atoms with Crippen molar-refractivity contribution >= 4 is 11.3 Å². The van der Waals surface area contributed by atoms with Crippen molar-refractivity contribution in [1.29, 1.82) is 0 Å². The molecule has 1 saturated heterocycles. The lowest BCUT2D eigenvalue weighted by Gasteiger charge is -2.16. The predicted octanol–water partition coefficient (Wildman–Crippen LogP) is 1.68. The number of likely N-dealkylation sites (tertiary alicyclic amines) is 1. The van der Waals surface area contributed by atoms with Gasteiger partial charge in [0, 0.05) is 18.1 Å². The average Bonchev–Trinajstić information content (AvgIpc) is 2.82. The summed E-state index contributed by atoms with van der Waals surface area (Å²) in [6.07, 6.45) is 6.48. The van der Waals surface area contributed by atoms with Gasteiger partial charge in [-0.3, -0.25) is 4.90 Å². The van der Waals surface area contributed by atoms with Crippen molar-refractivity contribution in [3.8, 4) is 0 Å². The molecule has 0 saturated carbocycles. The molecule has 0 radical (unpaired) electrons. The van der Waals surface area contributed by atoms with Crippen LogP contribution in [0.25, 0.3) is 5.65 Å². The van der Waals surface area contributed by atoms with Crippen molar-refractivity contribution in [3.63, 3.8) is 0 Å². The van der Waals surface area contributed by atoms with Gasteiger partial charge in [0.15, 0.2) is 0 Å². The fraction of sp³-hybridized carbons (Fsp3) is 0.417. The number of nitrogen functional groups attached to an aromatic ring is 1. The van der Waals surface area contributed by atoms with Crippen LogP contribution in [0.5, 0.6) is 0 Å². The number of rotatable bonds is 1. The highest BCUT2D eigenvalue weighted by molar-refractivity contribution is 5.48. The first-order valence-corrected chi connectivity index (χ1v) is 5.68. The summed E-state index contributed by atoms with van der Waals surface area (Å²) in [5.41, 5.74) is 8.66. The minimum Gasteiger partial charge on any atom is -0.398 e. The number of fused-ring (bicyclic) bond motifs is 1. The summed E-state index contributed by atoms with van der Waals surface area (Å²) in [6, 6.07) is 4.33. The molecule has 4 nitrogen and oxygen atoms in total. The van der Waals surface area contributed by atoms with Crippen LogP contribution < -0.4 is 5.73 Å². The highest BCUT2D eigenvalue weighted by atomic mass is 15.2. The van der Waals surface area contributed by atoms with Crippen molar-refractivity contribution in [2.75, 3.05) is 19.3 Å². The molecule has 0 bridgehead atoms. The average molecular weight is 216 g/mol. The second-order valence-electron chi connectivity index (χ2n) is 4.53. The van der Waals surface area contributed by atoms with E-state index in [9.17, 15) is 0 Å². The second kappa shape index (κ2) is 3.49. The molecule has 16 heavy (non-hydrogen) atoms. The van der Waals surface area contributed by atoms with E-state index in [0.29, 0.717) is 6.04 Å². The van der Waals surface area contributed by atoms with Crippen molar-refractivity contribution in [1.82, 2.24) is 14.3 Å². The zero-order valence-electron chi connectivity index (χ0n) is 9.43. The van der Waals surface area contributed by atoms with Gasteiger partial charge in [-0.25, -0.2) is 4.98 Å². The molecule has 1 unspecified atom stereocenters. The van der Waals surface area contributed by atoms with Crippen molar-refractivity contribution < 1.29 is 0 Å². The number of hydrogen-bond acceptors (Lipinski definition) is 3. The van der Waals surface area contributed by atoms with Crippen LogP contribution in [0.2, 0.25) is 0 Å². The van der Waals surface area contributed by atoms with E-state index in [1.807, 2.05) is 22.7 Å². The normalized spacial score (nSPS) is 21.9. The van der Waals surface area contributed by atoms with Gasteiger partial charge >= 0.3 is 0 Å². The molecule has 1 aliphatic rings. The molecule has 1 atom stereocenters. The van der Waals surface area contributed by atoms with Crippen LogP contribution in [0.3, 0.4) is 0 Å². The van der Waals surface area contributed by atoms with Crippen LogP contribution >= 0.6 is 0 Å². The van der Waals surface area contributed by atoms with Crippen LogP contribution in [0, 0.1) is 0 Å². The van der Waals surface area contributed by atoms with Gasteiger partial charge in [0.05, 0.1) is 11.7 Å². The third kappa shape index (κ3) is 1.46. The topological polar surface area (TPSA) is 46.6 Å². The molecular weight excluding hydrogens is 200 g/mol. The summed E-state index contributed by atoms with van der Waals surface area (Å²) in [6.45, 7) is 1.17. The van der Waals surface area contributed by atoms with Gasteiger partial charge in [0.1, 0.15) is 5.65 Å². The molecule has 0 spiro atoms. The van der Waals surface area contributed by atoms with Crippen LogP contribution in [0.1, 0.15) is 24.6 Å². The first kappa shape index (κ1) is 9.66. The number of hydrogen-bond donors (Lipinski definition) is 1. The number of nitrogens with zero attached hydrogens (tertiary/aromatic N) is 3. The molecule has 1 fully saturated rings. The van der Waals surface area contributed by atoms with Gasteiger partial charge in [-0.15, -0.1) is 0 Å². The predicted molar refractivity (Wildman–Crippen MR) is 64.2 cm³/mol. The molecule has 0 aromatic carbocycles. The van der Waals surface area contributed by atoms with Crippen LogP contribution in [-0.2, 0) is 0 Å². The van der Waals surface area contributed by atoms with Gasteiger partial charge in [0.2, 0.25) is 0 Å². The standard InChI is InChI=1S/C12H16N4/c1-15-6-2-3-11(15)10-8-16-7-9(13)4-5-12(16)14-10/h4-5,7-8,11H,2-3,6,13H2,1H3. The molecule has 2 N–H and O–H groups in total. The Hall–Kier alpha value is -1.55. The lowest BCUT2D eigenvalue weighted by atomic mass is 10.2. The number of imidazole rings is 1. The first-order chi connectivity index (χ1) is 7.74.